The number of amides is 2. The topological polar surface area (TPSA) is 95.5 Å². The molecule has 1 rings (SSSR count). The number of hydrogen-bond acceptors (Lipinski definition) is 3. The molecule has 0 bridgehead atoms. The maximum absolute atomic E-state index is 11.6. The minimum atomic E-state index is -1.24. The maximum atomic E-state index is 11.6. The first-order valence-corrected chi connectivity index (χ1v) is 5.75. The van der Waals surface area contributed by atoms with Crippen molar-refractivity contribution < 1.29 is 19.5 Å². The van der Waals surface area contributed by atoms with Crippen molar-refractivity contribution in [2.75, 3.05) is 5.32 Å². The molecule has 0 saturated heterocycles. The number of carboxylic acids is 1. The number of Topliss-reactive ketones (excluding diaryl/α,β-unsaturated/α-hetero) is 1. The molecule has 0 saturated carbocycles. The van der Waals surface area contributed by atoms with Crippen molar-refractivity contribution in [2.45, 2.75) is 26.3 Å². The number of benzene rings is 1. The Labute approximate surface area is 110 Å². The number of carbonyl (C=O) groups is 3. The van der Waals surface area contributed by atoms with Gasteiger partial charge >= 0.3 is 12.0 Å². The maximum Gasteiger partial charge on any atom is 0.326 e. The van der Waals surface area contributed by atoms with Crippen LogP contribution in [0, 0.1) is 6.92 Å². The SMILES string of the molecule is CC(=O)CC(NC(=O)Nc1cccc(C)c1)C(=O)O. The van der Waals surface area contributed by atoms with Crippen LogP contribution in [0.3, 0.4) is 0 Å². The van der Waals surface area contributed by atoms with Crippen molar-refractivity contribution in [3.63, 3.8) is 0 Å². The highest BCUT2D eigenvalue weighted by atomic mass is 16.4. The number of nitrogens with one attached hydrogen (secondary N) is 2. The third-order valence-electron chi connectivity index (χ3n) is 2.37. The number of urea groups is 1. The van der Waals surface area contributed by atoms with Crippen molar-refractivity contribution in [3.8, 4) is 0 Å². The second kappa shape index (κ2) is 6.53. The molecule has 1 atom stereocenters. The van der Waals surface area contributed by atoms with Crippen LogP contribution in [0.1, 0.15) is 18.9 Å². The van der Waals surface area contributed by atoms with E-state index in [9.17, 15) is 14.4 Å². The fourth-order valence-electron chi connectivity index (χ4n) is 1.54. The summed E-state index contributed by atoms with van der Waals surface area (Å²) >= 11 is 0. The minimum Gasteiger partial charge on any atom is -0.480 e. The van der Waals surface area contributed by atoms with Crippen molar-refractivity contribution >= 4 is 23.5 Å². The molecule has 0 heterocycles. The number of carbonyl (C=O) groups excluding carboxylic acids is 2. The van der Waals surface area contributed by atoms with Crippen LogP contribution in [0.5, 0.6) is 0 Å². The summed E-state index contributed by atoms with van der Waals surface area (Å²) < 4.78 is 0. The van der Waals surface area contributed by atoms with Gasteiger partial charge in [0, 0.05) is 12.1 Å². The molecule has 6 heteroatoms. The Morgan fingerprint density at radius 1 is 1.32 bits per heavy atom. The van der Waals surface area contributed by atoms with E-state index in [2.05, 4.69) is 10.6 Å². The number of aryl methyl sites for hydroxylation is 1. The average Bonchev–Trinajstić information content (AvgIpc) is 2.27. The van der Waals surface area contributed by atoms with Crippen LogP contribution in [0.4, 0.5) is 10.5 Å². The average molecular weight is 264 g/mol. The zero-order chi connectivity index (χ0) is 14.4. The van der Waals surface area contributed by atoms with Gasteiger partial charge in [-0.05, 0) is 31.5 Å². The quantitative estimate of drug-likeness (QED) is 0.751. The van der Waals surface area contributed by atoms with Crippen molar-refractivity contribution in [1.82, 2.24) is 5.32 Å². The molecule has 0 spiro atoms. The standard InChI is InChI=1S/C13H16N2O4/c1-8-4-3-5-10(6-8)14-13(19)15-11(12(17)18)7-9(2)16/h3-6,11H,7H2,1-2H3,(H,17,18)(H2,14,15,19). The number of ketones is 1. The molecule has 0 aliphatic rings. The molecule has 6 nitrogen and oxygen atoms in total. The Hall–Kier alpha value is -2.37. The van der Waals surface area contributed by atoms with E-state index in [-0.39, 0.29) is 12.2 Å². The van der Waals surface area contributed by atoms with E-state index in [1.54, 1.807) is 18.2 Å². The number of anilines is 1. The van der Waals surface area contributed by atoms with Gasteiger partial charge in [-0.1, -0.05) is 12.1 Å². The lowest BCUT2D eigenvalue weighted by molar-refractivity contribution is -0.140. The van der Waals surface area contributed by atoms with E-state index >= 15 is 0 Å². The van der Waals surface area contributed by atoms with Crippen LogP contribution in [0.15, 0.2) is 24.3 Å². The van der Waals surface area contributed by atoms with Gasteiger partial charge in [0.05, 0.1) is 0 Å². The molecule has 3 N–H and O–H groups in total. The van der Waals surface area contributed by atoms with Crippen LogP contribution >= 0.6 is 0 Å². The molecule has 1 aromatic rings. The predicted octanol–water partition coefficient (Wildman–Crippen LogP) is 1.55. The van der Waals surface area contributed by atoms with Gasteiger partial charge in [-0.15, -0.1) is 0 Å². The van der Waals surface area contributed by atoms with E-state index in [0.717, 1.165) is 5.56 Å². The van der Waals surface area contributed by atoms with E-state index in [1.807, 2.05) is 13.0 Å². The van der Waals surface area contributed by atoms with Crippen molar-refractivity contribution in [3.05, 3.63) is 29.8 Å². The summed E-state index contributed by atoms with van der Waals surface area (Å²) in [5, 5.41) is 13.6. The molecule has 0 radical (unpaired) electrons. The molecule has 0 aliphatic carbocycles. The largest absolute Gasteiger partial charge is 0.480 e. The number of rotatable bonds is 5. The second-order valence-corrected chi connectivity index (χ2v) is 4.26. The van der Waals surface area contributed by atoms with E-state index in [1.165, 1.54) is 6.92 Å². The Kier molecular flexibility index (Phi) is 5.05. The van der Waals surface area contributed by atoms with E-state index in [4.69, 9.17) is 5.11 Å². The second-order valence-electron chi connectivity index (χ2n) is 4.26. The molecule has 0 aliphatic heterocycles. The Balaban J connectivity index is 2.62. The minimum absolute atomic E-state index is 0.240. The summed E-state index contributed by atoms with van der Waals surface area (Å²) in [6.07, 6.45) is -0.240. The van der Waals surface area contributed by atoms with Gasteiger partial charge < -0.3 is 15.7 Å². The summed E-state index contributed by atoms with van der Waals surface area (Å²) in [5.74, 6) is -1.54. The van der Waals surface area contributed by atoms with Gasteiger partial charge in [0.2, 0.25) is 0 Å². The van der Waals surface area contributed by atoms with Gasteiger partial charge in [-0.25, -0.2) is 9.59 Å². The highest BCUT2D eigenvalue weighted by molar-refractivity contribution is 5.94. The Morgan fingerprint density at radius 3 is 2.53 bits per heavy atom. The molecule has 1 unspecified atom stereocenters. The monoisotopic (exact) mass is 264 g/mol. The lowest BCUT2D eigenvalue weighted by Gasteiger charge is -2.14. The molecule has 102 valence electrons. The first-order valence-electron chi connectivity index (χ1n) is 5.75. The third-order valence-corrected chi connectivity index (χ3v) is 2.37. The summed E-state index contributed by atoms with van der Waals surface area (Å²) in [6, 6.07) is 5.21. The molecular weight excluding hydrogens is 248 g/mol. The molecular formula is C13H16N2O4. The number of aliphatic carboxylic acids is 1. The summed E-state index contributed by atoms with van der Waals surface area (Å²) in [6.45, 7) is 3.15. The van der Waals surface area contributed by atoms with Crippen LogP contribution in [0.25, 0.3) is 0 Å². The van der Waals surface area contributed by atoms with Gasteiger partial charge in [0.25, 0.3) is 0 Å². The zero-order valence-electron chi connectivity index (χ0n) is 10.8. The number of carboxylic acid groups (broad SMARTS) is 1. The van der Waals surface area contributed by atoms with Gasteiger partial charge in [-0.2, -0.15) is 0 Å². The zero-order valence-corrected chi connectivity index (χ0v) is 10.8. The van der Waals surface area contributed by atoms with Gasteiger partial charge in [-0.3, -0.25) is 4.79 Å². The highest BCUT2D eigenvalue weighted by Gasteiger charge is 2.21. The number of hydrogen-bond donors (Lipinski definition) is 3. The fraction of sp³-hybridized carbons (Fsp3) is 0.308. The fourth-order valence-corrected chi connectivity index (χ4v) is 1.54. The predicted molar refractivity (Wildman–Crippen MR) is 70.1 cm³/mol. The Bertz CT molecular complexity index is 499. The van der Waals surface area contributed by atoms with E-state index < -0.39 is 18.0 Å². The highest BCUT2D eigenvalue weighted by Crippen LogP contribution is 2.09. The van der Waals surface area contributed by atoms with Crippen LogP contribution in [0.2, 0.25) is 0 Å². The van der Waals surface area contributed by atoms with Crippen LogP contribution < -0.4 is 10.6 Å². The molecule has 0 fully saturated rings. The first kappa shape index (κ1) is 14.7. The molecule has 2 amide bonds. The van der Waals surface area contributed by atoms with Gasteiger partial charge in [0.15, 0.2) is 0 Å². The summed E-state index contributed by atoms with van der Waals surface area (Å²) in [7, 11) is 0. The molecule has 1 aromatic carbocycles. The lowest BCUT2D eigenvalue weighted by Crippen LogP contribution is -2.44. The van der Waals surface area contributed by atoms with Crippen LogP contribution in [-0.4, -0.2) is 28.9 Å². The van der Waals surface area contributed by atoms with E-state index in [0.29, 0.717) is 5.69 Å². The van der Waals surface area contributed by atoms with Crippen LogP contribution in [-0.2, 0) is 9.59 Å². The Morgan fingerprint density at radius 2 is 2.00 bits per heavy atom. The first-order chi connectivity index (χ1) is 8.88. The third kappa shape index (κ3) is 5.20. The summed E-state index contributed by atoms with van der Waals surface area (Å²) in [4.78, 5) is 33.4. The smallest absolute Gasteiger partial charge is 0.326 e. The van der Waals surface area contributed by atoms with Crippen molar-refractivity contribution in [1.29, 1.82) is 0 Å². The lowest BCUT2D eigenvalue weighted by atomic mass is 10.1. The normalized spacial score (nSPS) is 11.5. The molecule has 0 aromatic heterocycles. The summed E-state index contributed by atoms with van der Waals surface area (Å²) in [5.41, 5.74) is 1.53. The van der Waals surface area contributed by atoms with Crippen molar-refractivity contribution in [2.24, 2.45) is 0 Å². The van der Waals surface area contributed by atoms with Gasteiger partial charge in [0.1, 0.15) is 11.8 Å². The molecule has 19 heavy (non-hydrogen) atoms.